The van der Waals surface area contributed by atoms with Crippen LogP contribution in [0, 0.1) is 0 Å². The molecule has 0 amide bonds. The van der Waals surface area contributed by atoms with Crippen molar-refractivity contribution in [3.63, 3.8) is 0 Å². The van der Waals surface area contributed by atoms with Crippen LogP contribution in [0.5, 0.6) is 0 Å². The van der Waals surface area contributed by atoms with E-state index in [9.17, 15) is 0 Å². The summed E-state index contributed by atoms with van der Waals surface area (Å²) in [6, 6.07) is 62.2. The smallest absolute Gasteiger partial charge is 0.0629 e. The van der Waals surface area contributed by atoms with Crippen LogP contribution in [0.15, 0.2) is 194 Å². The van der Waals surface area contributed by atoms with E-state index in [2.05, 4.69) is 204 Å². The average molecular weight is 639 g/mol. The zero-order valence-corrected chi connectivity index (χ0v) is 27.5. The molecule has 2 aliphatic rings. The molecule has 0 saturated heterocycles. The molecule has 236 valence electrons. The molecule has 7 aromatic carbocycles. The van der Waals surface area contributed by atoms with E-state index in [1.165, 1.54) is 77.8 Å². The standard InChI is InChI=1S/C48H34N2/c1-3-12-33(13-4-1)35-22-26-39(27-23-35)49-45-20-9-7-18-41(45)43-31-37(24-28-47(43)49)38-25-29-48-44(32-38)42-19-8-10-21-46(42)50(48)40-17-11-16-36(30-40)34-14-5-2-6-15-34/h1-32,42,46H. The molecule has 2 heteroatoms. The van der Waals surface area contributed by atoms with Crippen molar-refractivity contribution < 1.29 is 0 Å². The maximum absolute atomic E-state index is 2.52. The topological polar surface area (TPSA) is 8.17 Å². The maximum atomic E-state index is 2.52. The summed E-state index contributed by atoms with van der Waals surface area (Å²) >= 11 is 0. The summed E-state index contributed by atoms with van der Waals surface area (Å²) in [7, 11) is 0. The third kappa shape index (κ3) is 4.64. The van der Waals surface area contributed by atoms with Gasteiger partial charge in [-0.2, -0.15) is 0 Å². The lowest BCUT2D eigenvalue weighted by Gasteiger charge is -2.29. The van der Waals surface area contributed by atoms with Gasteiger partial charge in [0.25, 0.3) is 0 Å². The largest absolute Gasteiger partial charge is 0.333 e. The first-order valence-corrected chi connectivity index (χ1v) is 17.4. The Morgan fingerprint density at radius 3 is 1.80 bits per heavy atom. The minimum absolute atomic E-state index is 0.241. The van der Waals surface area contributed by atoms with Crippen LogP contribution in [0.1, 0.15) is 11.5 Å². The zero-order valence-electron chi connectivity index (χ0n) is 27.5. The fourth-order valence-corrected chi connectivity index (χ4v) is 8.15. The number of benzene rings is 7. The summed E-state index contributed by atoms with van der Waals surface area (Å²) in [6.07, 6.45) is 9.12. The lowest BCUT2D eigenvalue weighted by Crippen LogP contribution is -2.28. The van der Waals surface area contributed by atoms with E-state index in [0.717, 1.165) is 0 Å². The van der Waals surface area contributed by atoms with Crippen molar-refractivity contribution in [2.45, 2.75) is 12.0 Å². The molecular formula is C48H34N2. The summed E-state index contributed by atoms with van der Waals surface area (Å²) < 4.78 is 2.40. The number of fused-ring (bicyclic) bond motifs is 6. The Labute approximate surface area is 292 Å². The van der Waals surface area contributed by atoms with Crippen molar-refractivity contribution in [3.8, 4) is 39.1 Å². The molecule has 0 spiro atoms. The minimum atomic E-state index is 0.241. The second kappa shape index (κ2) is 11.6. The summed E-state index contributed by atoms with van der Waals surface area (Å²) in [5.74, 6) is 0.292. The lowest BCUT2D eigenvalue weighted by atomic mass is 9.89. The second-order valence-electron chi connectivity index (χ2n) is 13.3. The number of rotatable bonds is 5. The summed E-state index contributed by atoms with van der Waals surface area (Å²) in [4.78, 5) is 2.52. The molecule has 2 nitrogen and oxygen atoms in total. The number of hydrogen-bond donors (Lipinski definition) is 0. The first-order valence-electron chi connectivity index (χ1n) is 17.4. The molecule has 8 aromatic rings. The van der Waals surface area contributed by atoms with Gasteiger partial charge in [0.05, 0.1) is 17.1 Å². The van der Waals surface area contributed by atoms with Gasteiger partial charge in [-0.25, -0.2) is 0 Å². The molecule has 0 radical (unpaired) electrons. The molecule has 0 saturated carbocycles. The Hall–Kier alpha value is -6.38. The van der Waals surface area contributed by atoms with Gasteiger partial charge in [-0.3, -0.25) is 0 Å². The van der Waals surface area contributed by atoms with Gasteiger partial charge in [0.1, 0.15) is 0 Å². The van der Waals surface area contributed by atoms with Gasteiger partial charge in [-0.05, 0) is 93.5 Å². The summed E-state index contributed by atoms with van der Waals surface area (Å²) in [5, 5.41) is 2.53. The second-order valence-corrected chi connectivity index (χ2v) is 13.3. The van der Waals surface area contributed by atoms with Crippen molar-refractivity contribution in [3.05, 3.63) is 200 Å². The van der Waals surface area contributed by atoms with Gasteiger partial charge in [0.15, 0.2) is 0 Å². The number of nitrogens with zero attached hydrogens (tertiary/aromatic N) is 2. The van der Waals surface area contributed by atoms with Crippen LogP contribution >= 0.6 is 0 Å². The van der Waals surface area contributed by atoms with E-state index in [1.807, 2.05) is 0 Å². The number of hydrogen-bond acceptors (Lipinski definition) is 1. The molecule has 0 N–H and O–H groups in total. The minimum Gasteiger partial charge on any atom is -0.333 e. The van der Waals surface area contributed by atoms with Crippen LogP contribution in [0.2, 0.25) is 0 Å². The highest BCUT2D eigenvalue weighted by atomic mass is 15.2. The van der Waals surface area contributed by atoms with Crippen molar-refractivity contribution in [2.24, 2.45) is 0 Å². The number of aromatic nitrogens is 1. The Morgan fingerprint density at radius 2 is 0.980 bits per heavy atom. The molecule has 1 aliphatic carbocycles. The predicted octanol–water partition coefficient (Wildman–Crippen LogP) is 12.5. The van der Waals surface area contributed by atoms with Crippen LogP contribution in [-0.2, 0) is 0 Å². The van der Waals surface area contributed by atoms with Crippen molar-refractivity contribution in [2.75, 3.05) is 4.90 Å². The zero-order chi connectivity index (χ0) is 33.0. The molecule has 1 aliphatic heterocycles. The summed E-state index contributed by atoms with van der Waals surface area (Å²) in [5.41, 5.74) is 14.9. The van der Waals surface area contributed by atoms with E-state index < -0.39 is 0 Å². The van der Waals surface area contributed by atoms with E-state index in [-0.39, 0.29) is 6.04 Å². The lowest BCUT2D eigenvalue weighted by molar-refractivity contribution is 0.745. The fourth-order valence-electron chi connectivity index (χ4n) is 8.15. The predicted molar refractivity (Wildman–Crippen MR) is 210 cm³/mol. The number of allylic oxidation sites excluding steroid dienone is 2. The van der Waals surface area contributed by atoms with Gasteiger partial charge < -0.3 is 9.47 Å². The SMILES string of the molecule is C1=CC2c3cc(-c4ccc5c(c4)c4ccccc4n5-c4ccc(-c5ccccc5)cc4)ccc3N(c3cccc(-c4ccccc4)c3)C2C=C1. The monoisotopic (exact) mass is 638 g/mol. The van der Waals surface area contributed by atoms with Crippen LogP contribution in [-0.4, -0.2) is 10.6 Å². The molecular weight excluding hydrogens is 605 g/mol. The number of anilines is 2. The van der Waals surface area contributed by atoms with Crippen LogP contribution in [0.4, 0.5) is 11.4 Å². The molecule has 0 bridgehead atoms. The Morgan fingerprint density at radius 1 is 0.380 bits per heavy atom. The highest BCUT2D eigenvalue weighted by molar-refractivity contribution is 6.10. The van der Waals surface area contributed by atoms with E-state index >= 15 is 0 Å². The maximum Gasteiger partial charge on any atom is 0.0629 e. The molecule has 2 heterocycles. The first kappa shape index (κ1) is 28.6. The van der Waals surface area contributed by atoms with E-state index in [4.69, 9.17) is 0 Å². The van der Waals surface area contributed by atoms with Gasteiger partial charge in [0.2, 0.25) is 0 Å². The van der Waals surface area contributed by atoms with Crippen molar-refractivity contribution in [1.29, 1.82) is 0 Å². The third-order valence-electron chi connectivity index (χ3n) is 10.5. The van der Waals surface area contributed by atoms with Crippen LogP contribution in [0.25, 0.3) is 60.9 Å². The molecule has 10 rings (SSSR count). The molecule has 2 unspecified atom stereocenters. The highest BCUT2D eigenvalue weighted by Gasteiger charge is 2.37. The third-order valence-corrected chi connectivity index (χ3v) is 10.5. The van der Waals surface area contributed by atoms with E-state index in [0.29, 0.717) is 5.92 Å². The van der Waals surface area contributed by atoms with Crippen LogP contribution < -0.4 is 4.90 Å². The van der Waals surface area contributed by atoms with Crippen LogP contribution in [0.3, 0.4) is 0 Å². The van der Waals surface area contributed by atoms with Crippen molar-refractivity contribution >= 4 is 33.2 Å². The van der Waals surface area contributed by atoms with Gasteiger partial charge in [0, 0.05) is 33.8 Å². The Balaban J connectivity index is 1.06. The molecule has 2 atom stereocenters. The Bertz CT molecular complexity index is 2590. The average Bonchev–Trinajstić information content (AvgIpc) is 3.71. The fraction of sp³-hybridized carbons (Fsp3) is 0.0417. The normalized spacial score (nSPS) is 16.2. The van der Waals surface area contributed by atoms with Crippen molar-refractivity contribution in [1.82, 2.24) is 4.57 Å². The summed E-state index contributed by atoms with van der Waals surface area (Å²) in [6.45, 7) is 0. The quantitative estimate of drug-likeness (QED) is 0.182. The van der Waals surface area contributed by atoms with E-state index in [1.54, 1.807) is 0 Å². The van der Waals surface area contributed by atoms with Gasteiger partial charge >= 0.3 is 0 Å². The Kier molecular flexibility index (Phi) is 6.67. The van der Waals surface area contributed by atoms with Gasteiger partial charge in [-0.15, -0.1) is 0 Å². The number of para-hydroxylation sites is 1. The molecule has 50 heavy (non-hydrogen) atoms. The van der Waals surface area contributed by atoms with Gasteiger partial charge in [-0.1, -0.05) is 140 Å². The molecule has 0 fully saturated rings. The molecule has 1 aromatic heterocycles. The highest BCUT2D eigenvalue weighted by Crippen LogP contribution is 2.49. The first-order chi connectivity index (χ1) is 24.8.